The molecule has 7 heteroatoms. The molecular formula is C28H21N3O4. The third-order valence-electron chi connectivity index (χ3n) is 5.63. The number of pyridine rings is 1. The predicted octanol–water partition coefficient (Wildman–Crippen LogP) is 3.95. The molecule has 35 heavy (non-hydrogen) atoms. The number of ether oxygens (including phenoxy) is 1. The topological polar surface area (TPSA) is 83.2 Å². The molecule has 0 aliphatic heterocycles. The zero-order valence-electron chi connectivity index (χ0n) is 18.7. The minimum Gasteiger partial charge on any atom is -0.457 e. The fraction of sp³-hybridized carbons (Fsp3) is 0.0714. The quantitative estimate of drug-likeness (QED) is 0.356. The fourth-order valence-electron chi connectivity index (χ4n) is 3.90. The van der Waals surface area contributed by atoms with Gasteiger partial charge in [0.25, 0.3) is 5.56 Å². The molecule has 2 aromatic heterocycles. The molecule has 3 aromatic carbocycles. The lowest BCUT2D eigenvalue weighted by molar-refractivity contribution is 0.0472. The van der Waals surface area contributed by atoms with E-state index in [0.717, 1.165) is 11.1 Å². The number of benzene rings is 3. The predicted molar refractivity (Wildman–Crippen MR) is 133 cm³/mol. The van der Waals surface area contributed by atoms with E-state index < -0.39 is 17.2 Å². The fourth-order valence-corrected chi connectivity index (χ4v) is 3.90. The lowest BCUT2D eigenvalue weighted by atomic mass is 10.2. The first-order chi connectivity index (χ1) is 17.1. The van der Waals surface area contributed by atoms with Crippen molar-refractivity contribution in [2.45, 2.75) is 13.2 Å². The van der Waals surface area contributed by atoms with Gasteiger partial charge >= 0.3 is 11.7 Å². The molecule has 2 heterocycles. The molecule has 0 aliphatic rings. The lowest BCUT2D eigenvalue weighted by Crippen LogP contribution is -2.40. The van der Waals surface area contributed by atoms with Crippen LogP contribution in [0.5, 0.6) is 0 Å². The van der Waals surface area contributed by atoms with Crippen LogP contribution >= 0.6 is 0 Å². The van der Waals surface area contributed by atoms with E-state index in [2.05, 4.69) is 4.98 Å². The SMILES string of the molecule is O=C(OCc1ccccc1)c1cccc(-n2c(=O)n(Cc3ccccc3)c(=O)c3cccnc32)c1. The van der Waals surface area contributed by atoms with E-state index in [9.17, 15) is 14.4 Å². The van der Waals surface area contributed by atoms with Crippen LogP contribution in [0.2, 0.25) is 0 Å². The number of rotatable bonds is 6. The Labute approximate surface area is 200 Å². The Hall–Kier alpha value is -4.78. The summed E-state index contributed by atoms with van der Waals surface area (Å²) in [6, 6.07) is 28.5. The van der Waals surface area contributed by atoms with Crippen molar-refractivity contribution in [1.82, 2.24) is 14.1 Å². The Balaban J connectivity index is 1.57. The molecule has 0 aliphatic carbocycles. The monoisotopic (exact) mass is 463 g/mol. The first kappa shape index (κ1) is 22.0. The van der Waals surface area contributed by atoms with Crippen molar-refractivity contribution in [3.05, 3.63) is 141 Å². The van der Waals surface area contributed by atoms with Crippen molar-refractivity contribution >= 4 is 17.0 Å². The average Bonchev–Trinajstić information content (AvgIpc) is 2.91. The standard InChI is InChI=1S/C28H21N3O4/c32-26-24-15-8-16-29-25(24)31(28(34)30(26)18-20-9-3-1-4-10-20)23-14-7-13-22(17-23)27(33)35-19-21-11-5-2-6-12-21/h1-17H,18-19H2. The molecule has 0 spiro atoms. The second kappa shape index (κ2) is 9.61. The Morgan fingerprint density at radius 2 is 1.51 bits per heavy atom. The van der Waals surface area contributed by atoms with Crippen LogP contribution in [-0.4, -0.2) is 20.1 Å². The summed E-state index contributed by atoms with van der Waals surface area (Å²) < 4.78 is 7.98. The van der Waals surface area contributed by atoms with Gasteiger partial charge in [-0.1, -0.05) is 66.7 Å². The Kier molecular flexibility index (Phi) is 6.05. The first-order valence-corrected chi connectivity index (χ1v) is 11.1. The van der Waals surface area contributed by atoms with E-state index in [4.69, 9.17) is 4.74 Å². The number of hydrogen-bond donors (Lipinski definition) is 0. The molecule has 0 N–H and O–H groups in total. The zero-order valence-corrected chi connectivity index (χ0v) is 18.7. The van der Waals surface area contributed by atoms with Crippen molar-refractivity contribution in [3.8, 4) is 5.69 Å². The second-order valence-corrected chi connectivity index (χ2v) is 7.98. The highest BCUT2D eigenvalue weighted by atomic mass is 16.5. The summed E-state index contributed by atoms with van der Waals surface area (Å²) in [5.74, 6) is -0.515. The van der Waals surface area contributed by atoms with E-state index >= 15 is 0 Å². The van der Waals surface area contributed by atoms with Crippen molar-refractivity contribution < 1.29 is 9.53 Å². The summed E-state index contributed by atoms with van der Waals surface area (Å²) in [5, 5.41) is 0.306. The highest BCUT2D eigenvalue weighted by Crippen LogP contribution is 2.15. The maximum absolute atomic E-state index is 13.6. The molecule has 5 aromatic rings. The molecule has 0 saturated carbocycles. The van der Waals surface area contributed by atoms with Gasteiger partial charge in [0.15, 0.2) is 5.65 Å². The van der Waals surface area contributed by atoms with E-state index in [1.54, 1.807) is 36.4 Å². The van der Waals surface area contributed by atoms with Gasteiger partial charge in [-0.2, -0.15) is 0 Å². The molecule has 0 bridgehead atoms. The van der Waals surface area contributed by atoms with Crippen LogP contribution in [0.1, 0.15) is 21.5 Å². The van der Waals surface area contributed by atoms with Gasteiger partial charge in [0.2, 0.25) is 0 Å². The van der Waals surface area contributed by atoms with Gasteiger partial charge in [0, 0.05) is 6.20 Å². The van der Waals surface area contributed by atoms with Crippen LogP contribution in [0, 0.1) is 0 Å². The highest BCUT2D eigenvalue weighted by molar-refractivity contribution is 5.90. The van der Waals surface area contributed by atoms with Gasteiger partial charge in [-0.05, 0) is 41.5 Å². The molecule has 172 valence electrons. The van der Waals surface area contributed by atoms with Crippen LogP contribution in [0.3, 0.4) is 0 Å². The van der Waals surface area contributed by atoms with Crippen molar-refractivity contribution in [3.63, 3.8) is 0 Å². The molecule has 0 atom stereocenters. The van der Waals surface area contributed by atoms with Crippen LogP contribution < -0.4 is 11.2 Å². The zero-order chi connectivity index (χ0) is 24.2. The van der Waals surface area contributed by atoms with Gasteiger partial charge in [0.05, 0.1) is 23.2 Å². The minimum absolute atomic E-state index is 0.113. The van der Waals surface area contributed by atoms with Gasteiger partial charge in [0.1, 0.15) is 6.61 Å². The molecule has 0 fully saturated rings. The van der Waals surface area contributed by atoms with Crippen molar-refractivity contribution in [2.24, 2.45) is 0 Å². The summed E-state index contributed by atoms with van der Waals surface area (Å²) in [7, 11) is 0. The number of fused-ring (bicyclic) bond motifs is 1. The lowest BCUT2D eigenvalue weighted by Gasteiger charge is -2.14. The molecule has 0 saturated heterocycles. The minimum atomic E-state index is -0.542. The number of aromatic nitrogens is 3. The Morgan fingerprint density at radius 1 is 0.800 bits per heavy atom. The van der Waals surface area contributed by atoms with Gasteiger partial charge < -0.3 is 4.74 Å². The van der Waals surface area contributed by atoms with E-state index in [0.29, 0.717) is 11.1 Å². The summed E-state index contributed by atoms with van der Waals surface area (Å²) in [6.45, 7) is 0.248. The maximum Gasteiger partial charge on any atom is 0.338 e. The third kappa shape index (κ3) is 4.52. The van der Waals surface area contributed by atoms with Crippen LogP contribution in [0.15, 0.2) is 113 Å². The number of hydrogen-bond acceptors (Lipinski definition) is 5. The highest BCUT2D eigenvalue weighted by Gasteiger charge is 2.17. The Bertz CT molecular complexity index is 1620. The van der Waals surface area contributed by atoms with Crippen molar-refractivity contribution in [1.29, 1.82) is 0 Å². The molecular weight excluding hydrogens is 442 g/mol. The van der Waals surface area contributed by atoms with Crippen LogP contribution in [0.4, 0.5) is 0 Å². The van der Waals surface area contributed by atoms with Crippen LogP contribution in [-0.2, 0) is 17.9 Å². The molecule has 0 amide bonds. The van der Waals surface area contributed by atoms with Gasteiger partial charge in [-0.15, -0.1) is 0 Å². The average molecular weight is 463 g/mol. The second-order valence-electron chi connectivity index (χ2n) is 7.98. The smallest absolute Gasteiger partial charge is 0.338 e. The molecule has 5 rings (SSSR count). The number of nitrogens with zero attached hydrogens (tertiary/aromatic N) is 3. The number of carbonyl (C=O) groups is 1. The third-order valence-corrected chi connectivity index (χ3v) is 5.63. The number of carbonyl (C=O) groups excluding carboxylic acids is 1. The van der Waals surface area contributed by atoms with Crippen LogP contribution in [0.25, 0.3) is 16.7 Å². The first-order valence-electron chi connectivity index (χ1n) is 11.1. The van der Waals surface area contributed by atoms with E-state index in [1.165, 1.54) is 15.3 Å². The number of esters is 1. The molecule has 0 unspecified atom stereocenters. The largest absolute Gasteiger partial charge is 0.457 e. The van der Waals surface area contributed by atoms with Gasteiger partial charge in [-0.25, -0.2) is 19.1 Å². The van der Waals surface area contributed by atoms with Crippen molar-refractivity contribution in [2.75, 3.05) is 0 Å². The summed E-state index contributed by atoms with van der Waals surface area (Å²) >= 11 is 0. The van der Waals surface area contributed by atoms with Gasteiger partial charge in [-0.3, -0.25) is 9.36 Å². The summed E-state index contributed by atoms with van der Waals surface area (Å²) in [5.41, 5.74) is 1.65. The molecule has 7 nitrogen and oxygen atoms in total. The maximum atomic E-state index is 13.6. The van der Waals surface area contributed by atoms with E-state index in [-0.39, 0.29) is 24.4 Å². The summed E-state index contributed by atoms with van der Waals surface area (Å²) in [4.78, 5) is 43.8. The summed E-state index contributed by atoms with van der Waals surface area (Å²) in [6.07, 6.45) is 1.53. The Morgan fingerprint density at radius 3 is 2.26 bits per heavy atom. The molecule has 0 radical (unpaired) electrons. The normalized spacial score (nSPS) is 10.9. The van der Waals surface area contributed by atoms with E-state index in [1.807, 2.05) is 60.7 Å².